The number of carbonyl (C=O) groups excluding carboxylic acids is 1. The lowest BCUT2D eigenvalue weighted by molar-refractivity contribution is -0.131. The van der Waals surface area contributed by atoms with Crippen molar-refractivity contribution in [3.63, 3.8) is 0 Å². The summed E-state index contributed by atoms with van der Waals surface area (Å²) in [6.45, 7) is 13.5. The average molecular weight is 604 g/mol. The number of aryl methyl sites for hydroxylation is 1. The minimum Gasteiger partial charge on any atom is -0.382 e. The molecule has 0 bridgehead atoms. The van der Waals surface area contributed by atoms with Crippen molar-refractivity contribution in [3.8, 4) is 11.3 Å². The second kappa shape index (κ2) is 15.8. The molecule has 1 amide bonds. The number of nitrogens with two attached hydrogens (primary N) is 1. The molecule has 11 heteroatoms. The van der Waals surface area contributed by atoms with Crippen LogP contribution >= 0.6 is 0 Å². The standard InChI is InChI=1S/C27H23F5N4.2C2H6.CH3NO/c1-15-12-18(8-9-19(15)17-6-7-17)24-14-34-26-23(33-11-10-27(30,31)32)13-22(35-36(24)26)16(2)20-4-3-5-21(28)25(20)29;2*1-2;2-1-3/h3-5,8-9,12-14,17,33H,2,6-7,10-11H2,1H3;2*1-2H3;1H,(H2,2,3). The number of carbonyl (C=O) groups is 1. The molecule has 4 aromatic rings. The third-order valence-corrected chi connectivity index (χ3v) is 6.36. The molecule has 0 aliphatic heterocycles. The number of fused-ring (bicyclic) bond motifs is 1. The van der Waals surface area contributed by atoms with E-state index in [4.69, 9.17) is 4.79 Å². The Balaban J connectivity index is 0.000000853. The number of imidazole rings is 1. The lowest BCUT2D eigenvalue weighted by atomic mass is 10.0. The maximum absolute atomic E-state index is 14.5. The smallest absolute Gasteiger partial charge is 0.382 e. The summed E-state index contributed by atoms with van der Waals surface area (Å²) in [6, 6.07) is 11.3. The largest absolute Gasteiger partial charge is 0.390 e. The van der Waals surface area contributed by atoms with Crippen molar-refractivity contribution in [2.45, 2.75) is 66.0 Å². The number of primary amides is 1. The highest BCUT2D eigenvalue weighted by Crippen LogP contribution is 2.42. The van der Waals surface area contributed by atoms with E-state index >= 15 is 0 Å². The molecule has 0 atom stereocenters. The highest BCUT2D eigenvalue weighted by Gasteiger charge is 2.27. The zero-order chi connectivity index (χ0) is 32.3. The van der Waals surface area contributed by atoms with Crippen LogP contribution in [0.3, 0.4) is 0 Å². The lowest BCUT2D eigenvalue weighted by Crippen LogP contribution is -2.15. The molecule has 1 saturated carbocycles. The van der Waals surface area contributed by atoms with Gasteiger partial charge in [-0.05, 0) is 55.0 Å². The van der Waals surface area contributed by atoms with Gasteiger partial charge >= 0.3 is 6.18 Å². The Morgan fingerprint density at radius 2 is 1.77 bits per heavy atom. The van der Waals surface area contributed by atoms with Gasteiger partial charge in [0, 0.05) is 23.2 Å². The van der Waals surface area contributed by atoms with Crippen LogP contribution in [0.5, 0.6) is 0 Å². The number of halogens is 5. The van der Waals surface area contributed by atoms with Gasteiger partial charge in [-0.1, -0.05) is 58.5 Å². The molecule has 2 heterocycles. The molecule has 0 spiro atoms. The third kappa shape index (κ3) is 8.86. The van der Waals surface area contributed by atoms with Crippen LogP contribution in [-0.4, -0.2) is 33.7 Å². The second-order valence-electron chi connectivity index (χ2n) is 9.18. The molecule has 0 saturated heterocycles. The number of hydrogen-bond acceptors (Lipinski definition) is 4. The summed E-state index contributed by atoms with van der Waals surface area (Å²) >= 11 is 0. The van der Waals surface area contributed by atoms with Gasteiger partial charge in [-0.25, -0.2) is 18.3 Å². The fourth-order valence-corrected chi connectivity index (χ4v) is 4.34. The van der Waals surface area contributed by atoms with Crippen LogP contribution in [-0.2, 0) is 4.79 Å². The Hall–Kier alpha value is -4.28. The predicted octanol–water partition coefficient (Wildman–Crippen LogP) is 8.44. The molecular weight excluding hydrogens is 565 g/mol. The fourth-order valence-electron chi connectivity index (χ4n) is 4.34. The van der Waals surface area contributed by atoms with Gasteiger partial charge in [0.2, 0.25) is 6.41 Å². The van der Waals surface area contributed by atoms with E-state index in [0.717, 1.165) is 17.2 Å². The molecule has 6 nitrogen and oxygen atoms in total. The van der Waals surface area contributed by atoms with Gasteiger partial charge < -0.3 is 11.1 Å². The molecule has 1 fully saturated rings. The summed E-state index contributed by atoms with van der Waals surface area (Å²) in [5.41, 5.74) is 8.81. The summed E-state index contributed by atoms with van der Waals surface area (Å²) in [5, 5.41) is 7.35. The van der Waals surface area contributed by atoms with Gasteiger partial charge in [-0.2, -0.15) is 18.3 Å². The molecular formula is C32H38F5N5O. The van der Waals surface area contributed by atoms with E-state index in [2.05, 4.69) is 33.8 Å². The molecule has 0 radical (unpaired) electrons. The first-order valence-electron chi connectivity index (χ1n) is 14.1. The van der Waals surface area contributed by atoms with Crippen molar-refractivity contribution < 1.29 is 26.7 Å². The van der Waals surface area contributed by atoms with E-state index in [0.29, 0.717) is 17.3 Å². The maximum atomic E-state index is 14.5. The molecule has 2 aromatic heterocycles. The van der Waals surface area contributed by atoms with Crippen LogP contribution < -0.4 is 11.1 Å². The van der Waals surface area contributed by atoms with Crippen LogP contribution in [0.25, 0.3) is 22.5 Å². The van der Waals surface area contributed by atoms with E-state index in [1.807, 2.05) is 46.8 Å². The Bertz CT molecular complexity index is 1530. The van der Waals surface area contributed by atoms with Crippen molar-refractivity contribution in [2.24, 2.45) is 5.73 Å². The summed E-state index contributed by atoms with van der Waals surface area (Å²) in [6.07, 6.45) is -1.20. The number of rotatable bonds is 7. The normalized spacial score (nSPS) is 12.1. The first-order valence-corrected chi connectivity index (χ1v) is 14.1. The van der Waals surface area contributed by atoms with Crippen LogP contribution in [0.1, 0.15) is 75.3 Å². The van der Waals surface area contributed by atoms with Crippen LogP contribution in [0, 0.1) is 18.6 Å². The van der Waals surface area contributed by atoms with Gasteiger partial charge in [-0.3, -0.25) is 4.79 Å². The van der Waals surface area contributed by atoms with Crippen molar-refractivity contribution in [2.75, 3.05) is 11.9 Å². The first-order chi connectivity index (χ1) is 20.5. The SMILES string of the molecule is C=C(c1cc(NCCC(F)(F)F)c2ncc(-c3ccc(C4CC4)c(C)c3)n2n1)c1cccc(F)c1F.CC.CC.NC=O. The van der Waals surface area contributed by atoms with Gasteiger partial charge in [0.25, 0.3) is 0 Å². The molecule has 2 aromatic carbocycles. The van der Waals surface area contributed by atoms with Gasteiger partial charge in [-0.15, -0.1) is 0 Å². The zero-order valence-electron chi connectivity index (χ0n) is 25.0. The van der Waals surface area contributed by atoms with E-state index in [9.17, 15) is 22.0 Å². The van der Waals surface area contributed by atoms with E-state index < -0.39 is 24.2 Å². The van der Waals surface area contributed by atoms with Crippen molar-refractivity contribution in [1.29, 1.82) is 0 Å². The highest BCUT2D eigenvalue weighted by molar-refractivity contribution is 5.81. The Labute approximate surface area is 248 Å². The topological polar surface area (TPSA) is 85.3 Å². The number of nitrogens with one attached hydrogen (secondary N) is 1. The quantitative estimate of drug-likeness (QED) is 0.164. The number of aromatic nitrogens is 3. The summed E-state index contributed by atoms with van der Waals surface area (Å²) < 4.78 is 68.2. The molecule has 43 heavy (non-hydrogen) atoms. The number of anilines is 1. The Morgan fingerprint density at radius 3 is 2.35 bits per heavy atom. The lowest BCUT2D eigenvalue weighted by Gasteiger charge is -2.14. The Kier molecular flexibility index (Phi) is 12.8. The molecule has 232 valence electrons. The first kappa shape index (κ1) is 34.9. The van der Waals surface area contributed by atoms with Crippen LogP contribution in [0.15, 0.2) is 55.2 Å². The fraction of sp³-hybridized carbons (Fsp3) is 0.344. The van der Waals surface area contributed by atoms with Gasteiger partial charge in [0.05, 0.1) is 29.7 Å². The van der Waals surface area contributed by atoms with E-state index in [1.54, 1.807) is 6.20 Å². The monoisotopic (exact) mass is 603 g/mol. The number of hydrogen-bond donors (Lipinski definition) is 2. The van der Waals surface area contributed by atoms with Crippen molar-refractivity contribution in [3.05, 3.63) is 89.3 Å². The molecule has 5 rings (SSSR count). The summed E-state index contributed by atoms with van der Waals surface area (Å²) in [4.78, 5) is 13.0. The molecule has 3 N–H and O–H groups in total. The van der Waals surface area contributed by atoms with Crippen LogP contribution in [0.4, 0.5) is 27.6 Å². The van der Waals surface area contributed by atoms with Crippen LogP contribution in [0.2, 0.25) is 0 Å². The average Bonchev–Trinajstić information content (AvgIpc) is 3.73. The number of benzene rings is 2. The van der Waals surface area contributed by atoms with E-state index in [1.165, 1.54) is 41.1 Å². The zero-order valence-corrected chi connectivity index (χ0v) is 25.0. The number of amides is 1. The summed E-state index contributed by atoms with van der Waals surface area (Å²) in [5.74, 6) is -1.53. The minimum absolute atomic E-state index is 0.0885. The maximum Gasteiger partial charge on any atom is 0.390 e. The molecule has 1 aliphatic carbocycles. The number of nitrogens with zero attached hydrogens (tertiary/aromatic N) is 3. The molecule has 0 unspecified atom stereocenters. The summed E-state index contributed by atoms with van der Waals surface area (Å²) in [7, 11) is 0. The molecule has 1 aliphatic rings. The van der Waals surface area contributed by atoms with Crippen molar-refractivity contribution in [1.82, 2.24) is 14.6 Å². The third-order valence-electron chi connectivity index (χ3n) is 6.36. The second-order valence-corrected chi connectivity index (χ2v) is 9.18. The minimum atomic E-state index is -4.34. The highest BCUT2D eigenvalue weighted by atomic mass is 19.4. The Morgan fingerprint density at radius 1 is 1.12 bits per heavy atom. The number of alkyl halides is 3. The van der Waals surface area contributed by atoms with Gasteiger partial charge in [0.15, 0.2) is 17.3 Å². The predicted molar refractivity (Wildman–Crippen MR) is 162 cm³/mol. The van der Waals surface area contributed by atoms with Gasteiger partial charge in [0.1, 0.15) is 0 Å². The van der Waals surface area contributed by atoms with E-state index in [-0.39, 0.29) is 35.5 Å². The van der Waals surface area contributed by atoms with Crippen molar-refractivity contribution >= 4 is 23.3 Å².